The van der Waals surface area contributed by atoms with Gasteiger partial charge in [0.05, 0.1) is 6.54 Å². The van der Waals surface area contributed by atoms with Crippen molar-refractivity contribution >= 4 is 5.91 Å². The Morgan fingerprint density at radius 2 is 2.14 bits per heavy atom. The zero-order valence-electron chi connectivity index (χ0n) is 13.2. The van der Waals surface area contributed by atoms with Crippen LogP contribution < -0.4 is 11.3 Å². The van der Waals surface area contributed by atoms with Gasteiger partial charge in [-0.15, -0.1) is 0 Å². The van der Waals surface area contributed by atoms with Gasteiger partial charge in [-0.1, -0.05) is 0 Å². The van der Waals surface area contributed by atoms with E-state index in [1.54, 1.807) is 0 Å². The first-order valence-corrected chi connectivity index (χ1v) is 7.47. The van der Waals surface area contributed by atoms with Crippen LogP contribution in [0.3, 0.4) is 0 Å². The van der Waals surface area contributed by atoms with Crippen molar-refractivity contribution in [3.05, 3.63) is 23.2 Å². The molecule has 1 fully saturated rings. The zero-order chi connectivity index (χ0) is 15.4. The average Bonchev–Trinajstić information content (AvgIpc) is 2.80. The van der Waals surface area contributed by atoms with Crippen LogP contribution in [0.4, 0.5) is 0 Å². The number of nitrogens with two attached hydrogens (primary N) is 1. The summed E-state index contributed by atoms with van der Waals surface area (Å²) in [6.07, 6.45) is 2.43. The Kier molecular flexibility index (Phi) is 5.39. The molecule has 0 spiro atoms. The van der Waals surface area contributed by atoms with Gasteiger partial charge in [-0.3, -0.25) is 15.1 Å². The molecule has 0 aliphatic carbocycles. The number of hydrogen-bond donors (Lipinski definition) is 2. The Bertz CT molecular complexity index is 476. The van der Waals surface area contributed by atoms with Crippen molar-refractivity contribution in [1.82, 2.24) is 15.2 Å². The Balaban J connectivity index is 1.88. The molecule has 0 bridgehead atoms. The summed E-state index contributed by atoms with van der Waals surface area (Å²) < 4.78 is 5.62. The van der Waals surface area contributed by atoms with Gasteiger partial charge in [-0.05, 0) is 58.9 Å². The van der Waals surface area contributed by atoms with Crippen LogP contribution in [0.15, 0.2) is 10.5 Å². The highest BCUT2D eigenvalue weighted by atomic mass is 16.4. The highest BCUT2D eigenvalue weighted by Gasteiger charge is 2.21. The lowest BCUT2D eigenvalue weighted by atomic mass is 9.96. The van der Waals surface area contributed by atoms with E-state index in [0.29, 0.717) is 5.76 Å². The number of furan rings is 1. The second-order valence-electron chi connectivity index (χ2n) is 6.18. The van der Waals surface area contributed by atoms with E-state index in [0.717, 1.165) is 43.4 Å². The van der Waals surface area contributed by atoms with Gasteiger partial charge in [0.2, 0.25) is 0 Å². The summed E-state index contributed by atoms with van der Waals surface area (Å²) in [4.78, 5) is 16.2. The second-order valence-corrected chi connectivity index (χ2v) is 6.18. The predicted octanol–water partition coefficient (Wildman–Crippen LogP) is 0.965. The molecule has 1 aliphatic rings. The van der Waals surface area contributed by atoms with E-state index in [4.69, 9.17) is 10.3 Å². The number of rotatable bonds is 5. The average molecular weight is 294 g/mol. The van der Waals surface area contributed by atoms with E-state index < -0.39 is 0 Å². The Morgan fingerprint density at radius 3 is 2.71 bits per heavy atom. The topological polar surface area (TPSA) is 74.7 Å². The molecule has 6 heteroatoms. The number of carbonyl (C=O) groups excluding carboxylic acids is 1. The minimum Gasteiger partial charge on any atom is -0.454 e. The Morgan fingerprint density at radius 1 is 1.48 bits per heavy atom. The Labute approximate surface area is 126 Å². The van der Waals surface area contributed by atoms with E-state index in [1.807, 2.05) is 13.0 Å². The molecule has 0 radical (unpaired) electrons. The number of nitrogen functional groups attached to an aromatic ring is 1. The molecule has 1 aromatic rings. The lowest BCUT2D eigenvalue weighted by Gasteiger charge is -2.32. The third-order valence-corrected chi connectivity index (χ3v) is 4.02. The molecule has 1 saturated heterocycles. The molecule has 6 nitrogen and oxygen atoms in total. The molecular formula is C15H26N4O2. The molecular weight excluding hydrogens is 268 g/mol. The quantitative estimate of drug-likeness (QED) is 0.481. The van der Waals surface area contributed by atoms with Crippen molar-refractivity contribution in [3.8, 4) is 0 Å². The van der Waals surface area contributed by atoms with Gasteiger partial charge in [0.1, 0.15) is 5.76 Å². The van der Waals surface area contributed by atoms with Crippen molar-refractivity contribution in [3.63, 3.8) is 0 Å². The van der Waals surface area contributed by atoms with Crippen LogP contribution >= 0.6 is 0 Å². The number of hydrazine groups is 1. The maximum absolute atomic E-state index is 11.5. The number of carbonyl (C=O) groups is 1. The summed E-state index contributed by atoms with van der Waals surface area (Å²) in [7, 11) is 4.25. The molecule has 0 unspecified atom stereocenters. The molecule has 2 rings (SSSR count). The summed E-state index contributed by atoms with van der Waals surface area (Å²) >= 11 is 0. The van der Waals surface area contributed by atoms with Crippen LogP contribution in [0.1, 0.15) is 34.7 Å². The molecule has 1 aromatic heterocycles. The Hall–Kier alpha value is -1.37. The van der Waals surface area contributed by atoms with Crippen molar-refractivity contribution in [2.24, 2.45) is 11.8 Å². The van der Waals surface area contributed by atoms with Crippen LogP contribution in [0, 0.1) is 12.8 Å². The lowest BCUT2D eigenvalue weighted by Crippen LogP contribution is -2.36. The largest absolute Gasteiger partial charge is 0.454 e. The van der Waals surface area contributed by atoms with E-state index in [9.17, 15) is 4.79 Å². The number of aryl methyl sites for hydroxylation is 1. The van der Waals surface area contributed by atoms with Gasteiger partial charge in [0, 0.05) is 12.1 Å². The summed E-state index contributed by atoms with van der Waals surface area (Å²) in [5.74, 6) is 6.71. The molecule has 21 heavy (non-hydrogen) atoms. The van der Waals surface area contributed by atoms with E-state index in [1.165, 1.54) is 12.8 Å². The molecule has 1 aliphatic heterocycles. The van der Waals surface area contributed by atoms with Crippen LogP contribution in [0.5, 0.6) is 0 Å². The zero-order valence-corrected chi connectivity index (χ0v) is 13.2. The van der Waals surface area contributed by atoms with Crippen molar-refractivity contribution < 1.29 is 9.21 Å². The molecule has 2 heterocycles. The number of hydrogen-bond acceptors (Lipinski definition) is 5. The van der Waals surface area contributed by atoms with Gasteiger partial charge in [-0.2, -0.15) is 0 Å². The molecule has 118 valence electrons. The fourth-order valence-corrected chi connectivity index (χ4v) is 2.98. The smallest absolute Gasteiger partial charge is 0.301 e. The van der Waals surface area contributed by atoms with Crippen LogP contribution in [-0.4, -0.2) is 49.4 Å². The number of nitrogens with zero attached hydrogens (tertiary/aromatic N) is 2. The standard InChI is InChI=1S/C15H26N4O2/c1-11-8-13(21-14(11)15(20)17-16)10-19-6-4-12(5-7-19)9-18(2)3/h8,12H,4-7,9-10,16H2,1-3H3,(H,17,20). The third-order valence-electron chi connectivity index (χ3n) is 4.02. The third kappa shape index (κ3) is 4.30. The van der Waals surface area contributed by atoms with Gasteiger partial charge in [0.15, 0.2) is 5.76 Å². The van der Waals surface area contributed by atoms with Gasteiger partial charge < -0.3 is 9.32 Å². The summed E-state index contributed by atoms with van der Waals surface area (Å²) in [5, 5.41) is 0. The maximum Gasteiger partial charge on any atom is 0.301 e. The monoisotopic (exact) mass is 294 g/mol. The minimum absolute atomic E-state index is 0.315. The molecule has 3 N–H and O–H groups in total. The number of amides is 1. The van der Waals surface area contributed by atoms with Crippen LogP contribution in [0.2, 0.25) is 0 Å². The van der Waals surface area contributed by atoms with Gasteiger partial charge in [-0.25, -0.2) is 5.84 Å². The van der Waals surface area contributed by atoms with Gasteiger partial charge >= 0.3 is 5.91 Å². The summed E-state index contributed by atoms with van der Waals surface area (Å²) in [6, 6.07) is 1.93. The maximum atomic E-state index is 11.5. The number of nitrogens with one attached hydrogen (secondary N) is 1. The minimum atomic E-state index is -0.372. The molecule has 0 aromatic carbocycles. The fourth-order valence-electron chi connectivity index (χ4n) is 2.98. The van der Waals surface area contributed by atoms with Crippen molar-refractivity contribution in [2.45, 2.75) is 26.3 Å². The number of piperidine rings is 1. The molecule has 0 saturated carbocycles. The highest BCUT2D eigenvalue weighted by Crippen LogP contribution is 2.21. The summed E-state index contributed by atoms with van der Waals surface area (Å²) in [6.45, 7) is 5.94. The van der Waals surface area contributed by atoms with Crippen LogP contribution in [-0.2, 0) is 6.54 Å². The highest BCUT2D eigenvalue weighted by molar-refractivity contribution is 5.92. The van der Waals surface area contributed by atoms with E-state index in [-0.39, 0.29) is 5.91 Å². The first-order chi connectivity index (χ1) is 9.99. The van der Waals surface area contributed by atoms with Crippen molar-refractivity contribution in [2.75, 3.05) is 33.7 Å². The predicted molar refractivity (Wildman–Crippen MR) is 81.7 cm³/mol. The fraction of sp³-hybridized carbons (Fsp3) is 0.667. The lowest BCUT2D eigenvalue weighted by molar-refractivity contribution is 0.0919. The van der Waals surface area contributed by atoms with Crippen molar-refractivity contribution in [1.29, 1.82) is 0 Å². The number of likely N-dealkylation sites (tertiary alicyclic amines) is 1. The second kappa shape index (κ2) is 7.06. The molecule has 0 atom stereocenters. The SMILES string of the molecule is Cc1cc(CN2CCC(CN(C)C)CC2)oc1C(=O)NN. The first kappa shape index (κ1) is 16.0. The van der Waals surface area contributed by atoms with Crippen LogP contribution in [0.25, 0.3) is 0 Å². The summed E-state index contributed by atoms with van der Waals surface area (Å²) in [5.41, 5.74) is 2.94. The normalized spacial score (nSPS) is 17.4. The van der Waals surface area contributed by atoms with Gasteiger partial charge in [0.25, 0.3) is 0 Å². The molecule has 1 amide bonds. The van der Waals surface area contributed by atoms with E-state index >= 15 is 0 Å². The van der Waals surface area contributed by atoms with E-state index in [2.05, 4.69) is 29.3 Å². The first-order valence-electron chi connectivity index (χ1n) is 7.47.